The van der Waals surface area contributed by atoms with Crippen molar-refractivity contribution in [2.45, 2.75) is 0 Å². The van der Waals surface area contributed by atoms with Crippen LogP contribution in [0.3, 0.4) is 0 Å². The van der Waals surface area contributed by atoms with Crippen molar-refractivity contribution in [3.63, 3.8) is 0 Å². The second kappa shape index (κ2) is 11.4. The first kappa shape index (κ1) is 24.8. The minimum Gasteiger partial charge on any atom is -0.497 e. The number of carbonyl (C=O) groups is 2. The Morgan fingerprint density at radius 3 is 2.58 bits per heavy atom. The first-order valence-corrected chi connectivity index (χ1v) is 11.6. The summed E-state index contributed by atoms with van der Waals surface area (Å²) in [7, 11) is 1.53. The SMILES string of the molecule is C=CCN(CC(=O)Nc1nc(-c2ccccc2)cn1-c1cccc(Cl)c1)C(=O)c1cccc(OC)c1. The van der Waals surface area contributed by atoms with Gasteiger partial charge in [-0.3, -0.25) is 19.5 Å². The Bertz CT molecular complexity index is 1380. The number of ether oxygens (including phenoxy) is 1. The summed E-state index contributed by atoms with van der Waals surface area (Å²) in [6.07, 6.45) is 3.41. The number of hydrogen-bond acceptors (Lipinski definition) is 4. The van der Waals surface area contributed by atoms with Gasteiger partial charge in [0.15, 0.2) is 0 Å². The molecule has 1 N–H and O–H groups in total. The number of rotatable bonds is 9. The topological polar surface area (TPSA) is 76.5 Å². The number of benzene rings is 3. The Kier molecular flexibility index (Phi) is 7.82. The molecule has 0 aliphatic carbocycles. The third-order valence-electron chi connectivity index (χ3n) is 5.40. The molecule has 0 fully saturated rings. The average molecular weight is 501 g/mol. The van der Waals surface area contributed by atoms with E-state index in [9.17, 15) is 9.59 Å². The van der Waals surface area contributed by atoms with Gasteiger partial charge in [-0.15, -0.1) is 6.58 Å². The molecule has 36 heavy (non-hydrogen) atoms. The van der Waals surface area contributed by atoms with Crippen LogP contribution in [0, 0.1) is 0 Å². The minimum atomic E-state index is -0.401. The second-order valence-corrected chi connectivity index (χ2v) is 8.36. The predicted molar refractivity (Wildman–Crippen MR) is 142 cm³/mol. The van der Waals surface area contributed by atoms with Gasteiger partial charge in [-0.05, 0) is 36.4 Å². The van der Waals surface area contributed by atoms with Gasteiger partial charge in [-0.1, -0.05) is 60.1 Å². The molecule has 3 aromatic carbocycles. The zero-order valence-corrected chi connectivity index (χ0v) is 20.5. The Labute approximate surface area is 214 Å². The molecule has 4 aromatic rings. The van der Waals surface area contributed by atoms with Crippen molar-refractivity contribution in [3.8, 4) is 22.7 Å². The Morgan fingerprint density at radius 2 is 1.86 bits per heavy atom. The summed E-state index contributed by atoms with van der Waals surface area (Å²) in [5, 5.41) is 3.41. The highest BCUT2D eigenvalue weighted by molar-refractivity contribution is 6.30. The van der Waals surface area contributed by atoms with E-state index in [4.69, 9.17) is 16.3 Å². The van der Waals surface area contributed by atoms with Crippen molar-refractivity contribution < 1.29 is 14.3 Å². The fourth-order valence-electron chi connectivity index (χ4n) is 3.69. The van der Waals surface area contributed by atoms with Crippen molar-refractivity contribution in [2.24, 2.45) is 0 Å². The Balaban J connectivity index is 1.60. The number of aromatic nitrogens is 2. The Morgan fingerprint density at radius 1 is 1.08 bits per heavy atom. The average Bonchev–Trinajstić information content (AvgIpc) is 3.32. The molecule has 0 aliphatic heterocycles. The molecular formula is C28H25ClN4O3. The van der Waals surface area contributed by atoms with E-state index in [1.54, 1.807) is 47.0 Å². The van der Waals surface area contributed by atoms with Gasteiger partial charge in [0.1, 0.15) is 12.3 Å². The number of anilines is 1. The minimum absolute atomic E-state index is 0.189. The summed E-state index contributed by atoms with van der Waals surface area (Å²) in [4.78, 5) is 32.3. The van der Waals surface area contributed by atoms with Gasteiger partial charge < -0.3 is 9.64 Å². The van der Waals surface area contributed by atoms with Crippen LogP contribution in [0.15, 0.2) is 97.7 Å². The predicted octanol–water partition coefficient (Wildman–Crippen LogP) is 5.47. The van der Waals surface area contributed by atoms with Crippen molar-refractivity contribution >= 4 is 29.4 Å². The maximum Gasteiger partial charge on any atom is 0.254 e. The number of amides is 2. The summed E-state index contributed by atoms with van der Waals surface area (Å²) in [6, 6.07) is 23.7. The van der Waals surface area contributed by atoms with E-state index in [2.05, 4.69) is 16.9 Å². The molecule has 1 aromatic heterocycles. The zero-order valence-electron chi connectivity index (χ0n) is 19.7. The molecule has 0 radical (unpaired) electrons. The second-order valence-electron chi connectivity index (χ2n) is 7.92. The van der Waals surface area contributed by atoms with Gasteiger partial charge in [0.05, 0.1) is 12.8 Å². The number of halogens is 1. The maximum atomic E-state index is 13.1. The van der Waals surface area contributed by atoms with Crippen LogP contribution in [0.2, 0.25) is 5.02 Å². The van der Waals surface area contributed by atoms with Crippen LogP contribution in [-0.4, -0.2) is 46.5 Å². The van der Waals surface area contributed by atoms with Crippen LogP contribution >= 0.6 is 11.6 Å². The van der Waals surface area contributed by atoms with Crippen LogP contribution in [0.4, 0.5) is 5.95 Å². The molecular weight excluding hydrogens is 476 g/mol. The molecule has 0 saturated carbocycles. The van der Waals surface area contributed by atoms with E-state index >= 15 is 0 Å². The van der Waals surface area contributed by atoms with Crippen LogP contribution < -0.4 is 10.1 Å². The van der Waals surface area contributed by atoms with Gasteiger partial charge in [0.2, 0.25) is 11.9 Å². The van der Waals surface area contributed by atoms with E-state index in [0.717, 1.165) is 11.3 Å². The van der Waals surface area contributed by atoms with E-state index in [-0.39, 0.29) is 19.0 Å². The molecule has 0 bridgehead atoms. The highest BCUT2D eigenvalue weighted by Gasteiger charge is 2.20. The number of nitrogens with zero attached hydrogens (tertiary/aromatic N) is 3. The fourth-order valence-corrected chi connectivity index (χ4v) is 3.88. The van der Waals surface area contributed by atoms with Gasteiger partial charge in [0.25, 0.3) is 5.91 Å². The monoisotopic (exact) mass is 500 g/mol. The zero-order chi connectivity index (χ0) is 25.5. The fraction of sp³-hybridized carbons (Fsp3) is 0.107. The van der Waals surface area contributed by atoms with E-state index in [0.29, 0.717) is 28.0 Å². The normalized spacial score (nSPS) is 10.5. The van der Waals surface area contributed by atoms with Crippen LogP contribution in [0.25, 0.3) is 16.9 Å². The number of carbonyl (C=O) groups excluding carboxylic acids is 2. The lowest BCUT2D eigenvalue weighted by Gasteiger charge is -2.21. The molecule has 0 aliphatic rings. The Hall–Kier alpha value is -4.36. The summed E-state index contributed by atoms with van der Waals surface area (Å²) >= 11 is 6.21. The quantitative estimate of drug-likeness (QED) is 0.309. The molecule has 0 unspecified atom stereocenters. The summed E-state index contributed by atoms with van der Waals surface area (Å²) in [6.45, 7) is 3.73. The lowest BCUT2D eigenvalue weighted by Crippen LogP contribution is -2.38. The van der Waals surface area contributed by atoms with Gasteiger partial charge >= 0.3 is 0 Å². The largest absolute Gasteiger partial charge is 0.497 e. The van der Waals surface area contributed by atoms with E-state index < -0.39 is 5.91 Å². The maximum absolute atomic E-state index is 13.1. The summed E-state index contributed by atoms with van der Waals surface area (Å²) in [5.74, 6) is 0.156. The first-order chi connectivity index (χ1) is 17.5. The molecule has 8 heteroatoms. The van der Waals surface area contributed by atoms with Crippen LogP contribution in [0.5, 0.6) is 5.75 Å². The van der Waals surface area contributed by atoms with Crippen LogP contribution in [-0.2, 0) is 4.79 Å². The third kappa shape index (κ3) is 5.82. The van der Waals surface area contributed by atoms with E-state index in [1.165, 1.54) is 12.0 Å². The molecule has 182 valence electrons. The van der Waals surface area contributed by atoms with Crippen molar-refractivity contribution in [2.75, 3.05) is 25.5 Å². The standard InChI is InChI=1S/C28H25ClN4O3/c1-3-15-32(27(35)21-11-7-14-24(16-21)36-2)19-26(34)31-28-30-25(20-9-5-4-6-10-20)18-33(28)23-13-8-12-22(29)17-23/h3-14,16-18H,1,15,19H2,2H3,(H,30,31,34). The molecule has 1 heterocycles. The van der Waals surface area contributed by atoms with Crippen molar-refractivity contribution in [1.82, 2.24) is 14.5 Å². The van der Waals surface area contributed by atoms with Gasteiger partial charge in [-0.2, -0.15) is 0 Å². The van der Waals surface area contributed by atoms with Gasteiger partial charge in [0, 0.05) is 34.6 Å². The number of methoxy groups -OCH3 is 1. The summed E-state index contributed by atoms with van der Waals surface area (Å²) in [5.41, 5.74) is 2.73. The van der Waals surface area contributed by atoms with Crippen LogP contribution in [0.1, 0.15) is 10.4 Å². The molecule has 7 nitrogen and oxygen atoms in total. The molecule has 0 spiro atoms. The molecule has 0 saturated heterocycles. The van der Waals surface area contributed by atoms with E-state index in [1.807, 2.05) is 48.7 Å². The lowest BCUT2D eigenvalue weighted by molar-refractivity contribution is -0.116. The smallest absolute Gasteiger partial charge is 0.254 e. The van der Waals surface area contributed by atoms with Gasteiger partial charge in [-0.25, -0.2) is 4.98 Å². The highest BCUT2D eigenvalue weighted by atomic mass is 35.5. The first-order valence-electron chi connectivity index (χ1n) is 11.2. The van der Waals surface area contributed by atoms with Crippen molar-refractivity contribution in [3.05, 3.63) is 108 Å². The third-order valence-corrected chi connectivity index (χ3v) is 5.64. The number of nitrogens with one attached hydrogen (secondary N) is 1. The van der Waals surface area contributed by atoms with Crippen molar-refractivity contribution in [1.29, 1.82) is 0 Å². The molecule has 2 amide bonds. The number of hydrogen-bond donors (Lipinski definition) is 1. The number of imidazole rings is 1. The highest BCUT2D eigenvalue weighted by Crippen LogP contribution is 2.25. The lowest BCUT2D eigenvalue weighted by atomic mass is 10.2. The molecule has 0 atom stereocenters. The summed E-state index contributed by atoms with van der Waals surface area (Å²) < 4.78 is 6.97. The molecule has 4 rings (SSSR count).